The predicted octanol–water partition coefficient (Wildman–Crippen LogP) is 5.69. The zero-order valence-electron chi connectivity index (χ0n) is 17.8. The molecular formula is C22H22N6O3S2. The Kier molecular flexibility index (Phi) is 6.49. The average Bonchev–Trinajstić information content (AvgIpc) is 3.60. The zero-order chi connectivity index (χ0) is 22.6. The third-order valence-corrected chi connectivity index (χ3v) is 7.51. The van der Waals surface area contributed by atoms with Crippen LogP contribution in [0.15, 0.2) is 51.4 Å². The Morgan fingerprint density at radius 2 is 1.91 bits per heavy atom. The van der Waals surface area contributed by atoms with Crippen molar-refractivity contribution in [1.29, 1.82) is 0 Å². The second-order valence-electron chi connectivity index (χ2n) is 7.91. The first-order valence-corrected chi connectivity index (χ1v) is 12.7. The molecule has 0 atom stereocenters. The molecule has 1 fully saturated rings. The van der Waals surface area contributed by atoms with Gasteiger partial charge in [-0.15, -0.1) is 31.7 Å². The zero-order valence-corrected chi connectivity index (χ0v) is 19.4. The summed E-state index contributed by atoms with van der Waals surface area (Å²) in [7, 11) is 0. The first-order chi connectivity index (χ1) is 16.2. The van der Waals surface area contributed by atoms with Crippen LogP contribution in [0.1, 0.15) is 54.7 Å². The molecule has 9 nitrogen and oxygen atoms in total. The molecule has 0 radical (unpaired) electrons. The summed E-state index contributed by atoms with van der Waals surface area (Å²) < 4.78 is 8.12. The number of nitrogens with zero attached hydrogens (tertiary/aromatic N) is 6. The van der Waals surface area contributed by atoms with Gasteiger partial charge in [-0.25, -0.2) is 0 Å². The van der Waals surface area contributed by atoms with Crippen molar-refractivity contribution >= 4 is 28.8 Å². The number of aromatic nitrogens is 5. The van der Waals surface area contributed by atoms with Gasteiger partial charge in [0.15, 0.2) is 5.16 Å². The lowest BCUT2D eigenvalue weighted by molar-refractivity contribution is -0.384. The molecule has 5 rings (SSSR count). The Labute approximate surface area is 198 Å². The van der Waals surface area contributed by atoms with Crippen LogP contribution in [0.5, 0.6) is 0 Å². The van der Waals surface area contributed by atoms with Crippen molar-refractivity contribution < 1.29 is 9.34 Å². The van der Waals surface area contributed by atoms with E-state index >= 15 is 0 Å². The molecule has 0 unspecified atom stereocenters. The molecule has 11 heteroatoms. The monoisotopic (exact) mass is 482 g/mol. The Morgan fingerprint density at radius 1 is 1.09 bits per heavy atom. The van der Waals surface area contributed by atoms with Gasteiger partial charge in [0.05, 0.1) is 10.7 Å². The molecule has 3 aromatic heterocycles. The molecule has 0 N–H and O–H groups in total. The van der Waals surface area contributed by atoms with Gasteiger partial charge in [0.1, 0.15) is 5.82 Å². The summed E-state index contributed by atoms with van der Waals surface area (Å²) in [5.41, 5.74) is 0.669. The summed E-state index contributed by atoms with van der Waals surface area (Å²) in [6.45, 7) is 0. The summed E-state index contributed by atoms with van der Waals surface area (Å²) in [6, 6.07) is 10.7. The molecule has 33 heavy (non-hydrogen) atoms. The normalized spacial score (nSPS) is 14.5. The number of rotatable bonds is 8. The predicted molar refractivity (Wildman–Crippen MR) is 125 cm³/mol. The van der Waals surface area contributed by atoms with Gasteiger partial charge < -0.3 is 8.98 Å². The minimum atomic E-state index is -0.436. The van der Waals surface area contributed by atoms with Crippen LogP contribution in [0.25, 0.3) is 11.5 Å². The highest BCUT2D eigenvalue weighted by Gasteiger charge is 2.24. The van der Waals surface area contributed by atoms with E-state index in [0.717, 1.165) is 30.2 Å². The quantitative estimate of drug-likeness (QED) is 0.179. The molecule has 1 aliphatic carbocycles. The lowest BCUT2D eigenvalue weighted by atomic mass is 9.95. The van der Waals surface area contributed by atoms with E-state index in [0.29, 0.717) is 29.1 Å². The highest BCUT2D eigenvalue weighted by Crippen LogP contribution is 2.34. The number of benzene rings is 1. The van der Waals surface area contributed by atoms with Gasteiger partial charge in [-0.2, -0.15) is 0 Å². The summed E-state index contributed by atoms with van der Waals surface area (Å²) in [5, 5.41) is 31.1. The van der Waals surface area contributed by atoms with Crippen molar-refractivity contribution in [2.75, 3.05) is 0 Å². The summed E-state index contributed by atoms with van der Waals surface area (Å²) in [4.78, 5) is 11.7. The fourth-order valence-electron chi connectivity index (χ4n) is 4.08. The highest BCUT2D eigenvalue weighted by atomic mass is 32.2. The minimum Gasteiger partial charge on any atom is -0.420 e. The van der Waals surface area contributed by atoms with E-state index in [1.54, 1.807) is 35.2 Å². The van der Waals surface area contributed by atoms with E-state index < -0.39 is 4.92 Å². The minimum absolute atomic E-state index is 0.0226. The Hall–Kier alpha value is -3.05. The van der Waals surface area contributed by atoms with Gasteiger partial charge in [-0.05, 0) is 36.4 Å². The molecule has 1 aromatic carbocycles. The summed E-state index contributed by atoms with van der Waals surface area (Å²) in [6.07, 6.45) is 6.82. The number of nitro benzene ring substituents is 1. The molecule has 0 saturated heterocycles. The molecule has 0 aliphatic heterocycles. The second kappa shape index (κ2) is 9.84. The number of non-ortho nitro benzene ring substituents is 1. The van der Waals surface area contributed by atoms with Crippen LogP contribution < -0.4 is 0 Å². The summed E-state index contributed by atoms with van der Waals surface area (Å²) in [5.74, 6) is 2.30. The number of thiophene rings is 1. The standard InChI is InChI=1S/C22H22N6O3S2/c29-28(30)17-10-8-15(9-11-17)21-25-24-20(31-21)14-33-22-26-23-19(13-18-7-4-12-32-18)27(22)16-5-2-1-3-6-16/h4,7-12,16H,1-3,5-6,13-14H2. The molecule has 3 heterocycles. The largest absolute Gasteiger partial charge is 0.420 e. The van der Waals surface area contributed by atoms with Crippen molar-refractivity contribution in [1.82, 2.24) is 25.0 Å². The van der Waals surface area contributed by atoms with Crippen molar-refractivity contribution in [3.8, 4) is 11.5 Å². The van der Waals surface area contributed by atoms with Gasteiger partial charge in [0.2, 0.25) is 11.8 Å². The van der Waals surface area contributed by atoms with Gasteiger partial charge in [0.25, 0.3) is 5.69 Å². The van der Waals surface area contributed by atoms with Crippen LogP contribution in [0.3, 0.4) is 0 Å². The van der Waals surface area contributed by atoms with Crippen molar-refractivity contribution in [2.45, 2.75) is 55.5 Å². The van der Waals surface area contributed by atoms with E-state index in [-0.39, 0.29) is 5.69 Å². The van der Waals surface area contributed by atoms with Crippen molar-refractivity contribution in [3.63, 3.8) is 0 Å². The second-order valence-corrected chi connectivity index (χ2v) is 9.89. The van der Waals surface area contributed by atoms with Crippen LogP contribution in [0, 0.1) is 10.1 Å². The molecule has 0 bridgehead atoms. The topological polar surface area (TPSA) is 113 Å². The molecule has 0 amide bonds. The summed E-state index contributed by atoms with van der Waals surface area (Å²) >= 11 is 3.29. The van der Waals surface area contributed by atoms with Crippen LogP contribution in [-0.2, 0) is 12.2 Å². The highest BCUT2D eigenvalue weighted by molar-refractivity contribution is 7.98. The SMILES string of the molecule is O=[N+]([O-])c1ccc(-c2nnc(CSc3nnc(Cc4cccs4)n3C3CCCCC3)o2)cc1. The third-order valence-electron chi connectivity index (χ3n) is 5.70. The Balaban J connectivity index is 1.32. The van der Waals surface area contributed by atoms with Crippen LogP contribution >= 0.6 is 23.1 Å². The number of thioether (sulfide) groups is 1. The molecule has 1 aliphatic rings. The Morgan fingerprint density at radius 3 is 2.64 bits per heavy atom. The number of hydrogen-bond acceptors (Lipinski definition) is 9. The lowest BCUT2D eigenvalue weighted by Gasteiger charge is -2.25. The lowest BCUT2D eigenvalue weighted by Crippen LogP contribution is -2.16. The van der Waals surface area contributed by atoms with E-state index in [4.69, 9.17) is 4.42 Å². The van der Waals surface area contributed by atoms with Crippen molar-refractivity contribution in [2.24, 2.45) is 0 Å². The van der Waals surface area contributed by atoms with Crippen LogP contribution in [0.4, 0.5) is 5.69 Å². The smallest absolute Gasteiger partial charge is 0.269 e. The average molecular weight is 483 g/mol. The van der Waals surface area contributed by atoms with Crippen molar-refractivity contribution in [3.05, 3.63) is 68.5 Å². The Bertz CT molecular complexity index is 1210. The van der Waals surface area contributed by atoms with Gasteiger partial charge in [0, 0.05) is 35.0 Å². The molecule has 170 valence electrons. The molecule has 1 saturated carbocycles. The fraction of sp³-hybridized carbons (Fsp3) is 0.364. The molecular weight excluding hydrogens is 460 g/mol. The maximum absolute atomic E-state index is 10.8. The van der Waals surface area contributed by atoms with E-state index in [1.165, 1.54) is 36.3 Å². The van der Waals surface area contributed by atoms with E-state index in [1.807, 2.05) is 0 Å². The molecule has 0 spiro atoms. The van der Waals surface area contributed by atoms with E-state index in [9.17, 15) is 10.1 Å². The number of hydrogen-bond donors (Lipinski definition) is 0. The maximum atomic E-state index is 10.8. The first kappa shape index (κ1) is 21.8. The fourth-order valence-corrected chi connectivity index (χ4v) is 5.64. The first-order valence-electron chi connectivity index (χ1n) is 10.8. The van der Waals surface area contributed by atoms with Crippen LogP contribution in [0.2, 0.25) is 0 Å². The van der Waals surface area contributed by atoms with Gasteiger partial charge in [-0.1, -0.05) is 37.1 Å². The maximum Gasteiger partial charge on any atom is 0.269 e. The molecule has 4 aromatic rings. The van der Waals surface area contributed by atoms with Gasteiger partial charge >= 0.3 is 0 Å². The van der Waals surface area contributed by atoms with E-state index in [2.05, 4.69) is 42.5 Å². The third kappa shape index (κ3) is 4.98. The van der Waals surface area contributed by atoms with Gasteiger partial charge in [-0.3, -0.25) is 10.1 Å². The van der Waals surface area contributed by atoms with Crippen LogP contribution in [-0.4, -0.2) is 29.9 Å². The number of nitro groups is 1.